The van der Waals surface area contributed by atoms with E-state index < -0.39 is 0 Å². The summed E-state index contributed by atoms with van der Waals surface area (Å²) < 4.78 is 2.55. The Morgan fingerprint density at radius 1 is 1.64 bits per heavy atom. The lowest BCUT2D eigenvalue weighted by Gasteiger charge is -2.26. The fourth-order valence-electron chi connectivity index (χ4n) is 1.31. The summed E-state index contributed by atoms with van der Waals surface area (Å²) in [5.74, 6) is 0.514. The van der Waals surface area contributed by atoms with Crippen molar-refractivity contribution in [3.05, 3.63) is 4.77 Å². The molecule has 1 aliphatic carbocycles. The van der Waals surface area contributed by atoms with Crippen molar-refractivity contribution in [2.75, 3.05) is 5.73 Å². The van der Waals surface area contributed by atoms with E-state index in [9.17, 15) is 0 Å². The Balaban J connectivity index is 2.41. The molecule has 0 aromatic carbocycles. The van der Waals surface area contributed by atoms with Crippen molar-refractivity contribution in [2.24, 2.45) is 0 Å². The molecule has 4 nitrogen and oxygen atoms in total. The summed E-state index contributed by atoms with van der Waals surface area (Å²) >= 11 is 5.01. The van der Waals surface area contributed by atoms with Crippen molar-refractivity contribution in [3.63, 3.8) is 0 Å². The van der Waals surface area contributed by atoms with Gasteiger partial charge in [-0.05, 0) is 31.5 Å². The lowest BCUT2D eigenvalue weighted by molar-refractivity contribution is 0.314. The lowest BCUT2D eigenvalue weighted by Crippen LogP contribution is -2.18. The van der Waals surface area contributed by atoms with Crippen LogP contribution in [0.4, 0.5) is 5.95 Å². The molecule has 0 saturated heterocycles. The highest BCUT2D eigenvalue weighted by Gasteiger charge is 2.21. The maximum Gasteiger partial charge on any atom is 0.220 e. The Morgan fingerprint density at radius 2 is 2.36 bits per heavy atom. The fourth-order valence-corrected chi connectivity index (χ4v) is 1.60. The van der Waals surface area contributed by atoms with Gasteiger partial charge in [0.25, 0.3) is 0 Å². The molecule has 2 rings (SSSR count). The third-order valence-corrected chi connectivity index (χ3v) is 2.46. The summed E-state index contributed by atoms with van der Waals surface area (Å²) in [6, 6.07) is 0.501. The van der Waals surface area contributed by atoms with Crippen LogP contribution in [0.15, 0.2) is 0 Å². The zero-order valence-corrected chi connectivity index (χ0v) is 6.90. The van der Waals surface area contributed by atoms with E-state index in [1.807, 2.05) is 4.57 Å². The number of aromatic amines is 1. The van der Waals surface area contributed by atoms with Gasteiger partial charge < -0.3 is 5.73 Å². The molecule has 1 aliphatic rings. The first kappa shape index (κ1) is 6.84. The Hall–Kier alpha value is -0.840. The summed E-state index contributed by atoms with van der Waals surface area (Å²) in [7, 11) is 0. The molecule has 11 heavy (non-hydrogen) atoms. The van der Waals surface area contributed by atoms with E-state index in [4.69, 9.17) is 18.0 Å². The minimum absolute atomic E-state index is 0.501. The van der Waals surface area contributed by atoms with Gasteiger partial charge in [0, 0.05) is 6.04 Å². The predicted octanol–water partition coefficient (Wildman–Crippen LogP) is 1.25. The van der Waals surface area contributed by atoms with E-state index >= 15 is 0 Å². The third-order valence-electron chi connectivity index (χ3n) is 2.17. The minimum atomic E-state index is 0.501. The van der Waals surface area contributed by atoms with Crippen molar-refractivity contribution in [3.8, 4) is 0 Å². The Morgan fingerprint density at radius 3 is 2.73 bits per heavy atom. The number of nitrogens with zero attached hydrogens (tertiary/aromatic N) is 2. The molecule has 3 N–H and O–H groups in total. The maximum atomic E-state index is 5.61. The summed E-state index contributed by atoms with van der Waals surface area (Å²) in [6.07, 6.45) is 3.63. The molecule has 60 valence electrons. The van der Waals surface area contributed by atoms with Crippen molar-refractivity contribution in [2.45, 2.75) is 25.3 Å². The van der Waals surface area contributed by atoms with Gasteiger partial charge >= 0.3 is 0 Å². The normalized spacial score (nSPS) is 18.2. The van der Waals surface area contributed by atoms with E-state index in [0.717, 1.165) is 0 Å². The first-order chi connectivity index (χ1) is 5.29. The van der Waals surface area contributed by atoms with E-state index in [1.165, 1.54) is 19.3 Å². The van der Waals surface area contributed by atoms with Gasteiger partial charge in [-0.15, -0.1) is 5.10 Å². The average Bonchev–Trinajstić information content (AvgIpc) is 2.15. The molecule has 0 spiro atoms. The molecular formula is C6H10N4S. The molecule has 0 amide bonds. The Bertz CT molecular complexity index is 309. The van der Waals surface area contributed by atoms with E-state index in [1.54, 1.807) is 0 Å². The lowest BCUT2D eigenvalue weighted by atomic mass is 9.93. The Kier molecular flexibility index (Phi) is 1.45. The van der Waals surface area contributed by atoms with Crippen LogP contribution < -0.4 is 5.73 Å². The molecule has 1 aromatic rings. The number of H-pyrrole nitrogens is 1. The molecular weight excluding hydrogens is 160 g/mol. The quantitative estimate of drug-likeness (QED) is 0.623. The van der Waals surface area contributed by atoms with Crippen LogP contribution in [0.25, 0.3) is 0 Å². The highest BCUT2D eigenvalue weighted by molar-refractivity contribution is 7.71. The number of nitrogen functional groups attached to an aromatic ring is 1. The van der Waals surface area contributed by atoms with Crippen LogP contribution in [-0.4, -0.2) is 14.8 Å². The first-order valence-corrected chi connectivity index (χ1v) is 4.12. The van der Waals surface area contributed by atoms with Crippen molar-refractivity contribution < 1.29 is 0 Å². The number of hydrogen-bond acceptors (Lipinski definition) is 3. The van der Waals surface area contributed by atoms with Crippen LogP contribution in [0.2, 0.25) is 0 Å². The largest absolute Gasteiger partial charge is 0.368 e. The van der Waals surface area contributed by atoms with E-state index in [2.05, 4.69) is 10.2 Å². The predicted molar refractivity (Wildman–Crippen MR) is 44.7 cm³/mol. The first-order valence-electron chi connectivity index (χ1n) is 3.71. The zero-order valence-electron chi connectivity index (χ0n) is 6.08. The van der Waals surface area contributed by atoms with Crippen LogP contribution in [-0.2, 0) is 0 Å². The Labute approximate surface area is 69.4 Å². The zero-order chi connectivity index (χ0) is 7.84. The summed E-state index contributed by atoms with van der Waals surface area (Å²) in [4.78, 5) is 0. The van der Waals surface area contributed by atoms with Gasteiger partial charge in [0.2, 0.25) is 5.95 Å². The number of aromatic nitrogens is 3. The van der Waals surface area contributed by atoms with Crippen molar-refractivity contribution in [1.29, 1.82) is 0 Å². The number of nitrogens with two attached hydrogens (primary N) is 1. The van der Waals surface area contributed by atoms with Gasteiger partial charge in [-0.2, -0.15) is 0 Å². The highest BCUT2D eigenvalue weighted by Crippen LogP contribution is 2.32. The molecule has 1 heterocycles. The molecule has 0 bridgehead atoms. The van der Waals surface area contributed by atoms with Crippen LogP contribution in [0.3, 0.4) is 0 Å². The van der Waals surface area contributed by atoms with E-state index in [-0.39, 0.29) is 0 Å². The van der Waals surface area contributed by atoms with Crippen LogP contribution >= 0.6 is 12.2 Å². The van der Waals surface area contributed by atoms with Gasteiger partial charge in [0.15, 0.2) is 4.77 Å². The number of hydrogen-bond donors (Lipinski definition) is 2. The monoisotopic (exact) mass is 170 g/mol. The second kappa shape index (κ2) is 2.34. The number of nitrogens with one attached hydrogen (secondary N) is 1. The number of anilines is 1. The van der Waals surface area contributed by atoms with Gasteiger partial charge in [-0.1, -0.05) is 0 Å². The van der Waals surface area contributed by atoms with Crippen LogP contribution in [0.1, 0.15) is 25.3 Å². The fraction of sp³-hybridized carbons (Fsp3) is 0.667. The molecule has 1 saturated carbocycles. The van der Waals surface area contributed by atoms with Crippen molar-refractivity contribution >= 4 is 18.2 Å². The molecule has 1 fully saturated rings. The average molecular weight is 170 g/mol. The van der Waals surface area contributed by atoms with Gasteiger partial charge in [-0.3, -0.25) is 4.57 Å². The molecule has 1 aromatic heterocycles. The van der Waals surface area contributed by atoms with Gasteiger partial charge in [-0.25, -0.2) is 5.10 Å². The van der Waals surface area contributed by atoms with E-state index in [0.29, 0.717) is 16.8 Å². The molecule has 5 heteroatoms. The van der Waals surface area contributed by atoms with Crippen LogP contribution in [0.5, 0.6) is 0 Å². The standard InChI is InChI=1S/C6H10N4S/c7-5-8-9-6(11)10(5)4-2-1-3-4/h4H,1-3H2,(H2,7,8)(H,9,11). The molecule has 0 radical (unpaired) electrons. The second-order valence-electron chi connectivity index (χ2n) is 2.84. The molecule has 0 unspecified atom stereocenters. The smallest absolute Gasteiger partial charge is 0.220 e. The summed E-state index contributed by atoms with van der Waals surface area (Å²) in [6.45, 7) is 0. The minimum Gasteiger partial charge on any atom is -0.368 e. The number of rotatable bonds is 1. The second-order valence-corrected chi connectivity index (χ2v) is 3.23. The van der Waals surface area contributed by atoms with Gasteiger partial charge in [0.1, 0.15) is 0 Å². The summed E-state index contributed by atoms with van der Waals surface area (Å²) in [5, 5.41) is 6.52. The topological polar surface area (TPSA) is 59.6 Å². The molecule has 0 atom stereocenters. The summed E-state index contributed by atoms with van der Waals surface area (Å²) in [5.41, 5.74) is 5.61. The van der Waals surface area contributed by atoms with Crippen molar-refractivity contribution in [1.82, 2.24) is 14.8 Å². The van der Waals surface area contributed by atoms with Crippen LogP contribution in [0, 0.1) is 4.77 Å². The molecule has 0 aliphatic heterocycles. The third kappa shape index (κ3) is 0.956. The maximum absolute atomic E-state index is 5.61. The SMILES string of the molecule is Nc1n[nH]c(=S)n1C1CCC1. The van der Waals surface area contributed by atoms with Gasteiger partial charge in [0.05, 0.1) is 0 Å². The highest BCUT2D eigenvalue weighted by atomic mass is 32.1.